The standard InChI is InChI=1S/C21H20O11/c22-7-11-14(24)17(27)19(29)21(32-11)31-10-6-9-12(15(25)13(10)23)16(26)18(28)20(30-9)8-4-2-1-3-5-8/h1-6,11,14,17,19,21-25,27-29H,7H2/t11-,14-,17+,19-,21?/m1/s1. The fraction of sp³-hybridized carbons (Fsp3) is 0.286. The Labute approximate surface area is 179 Å². The number of fused-ring (bicyclic) bond motifs is 1. The molecule has 1 unspecified atom stereocenters. The fourth-order valence-corrected chi connectivity index (χ4v) is 3.46. The van der Waals surface area contributed by atoms with E-state index < -0.39 is 71.1 Å². The van der Waals surface area contributed by atoms with Gasteiger partial charge in [-0.05, 0) is 0 Å². The number of aromatic hydroxyl groups is 3. The number of aliphatic hydroxyl groups excluding tert-OH is 4. The molecule has 0 radical (unpaired) electrons. The molecule has 170 valence electrons. The Bertz CT molecular complexity index is 1190. The minimum absolute atomic E-state index is 0.188. The minimum Gasteiger partial charge on any atom is -0.504 e. The maximum absolute atomic E-state index is 12.6. The molecular weight excluding hydrogens is 428 g/mol. The quantitative estimate of drug-likeness (QED) is 0.261. The largest absolute Gasteiger partial charge is 0.504 e. The van der Waals surface area contributed by atoms with E-state index in [0.717, 1.165) is 6.07 Å². The molecule has 0 spiro atoms. The molecule has 11 heteroatoms. The summed E-state index contributed by atoms with van der Waals surface area (Å²) in [7, 11) is 0. The van der Waals surface area contributed by atoms with E-state index >= 15 is 0 Å². The van der Waals surface area contributed by atoms with Gasteiger partial charge in [-0.1, -0.05) is 30.3 Å². The molecule has 32 heavy (non-hydrogen) atoms. The topological polar surface area (TPSA) is 190 Å². The van der Waals surface area contributed by atoms with Crippen LogP contribution in [0.3, 0.4) is 0 Å². The predicted octanol–water partition coefficient (Wildman–Crippen LogP) is -0.245. The summed E-state index contributed by atoms with van der Waals surface area (Å²) in [5.74, 6) is -3.33. The molecule has 1 aliphatic heterocycles. The number of ether oxygens (including phenoxy) is 2. The van der Waals surface area contributed by atoms with Crippen molar-refractivity contribution in [2.75, 3.05) is 6.61 Å². The van der Waals surface area contributed by atoms with Crippen molar-refractivity contribution in [1.29, 1.82) is 0 Å². The molecule has 0 saturated carbocycles. The van der Waals surface area contributed by atoms with Crippen molar-refractivity contribution < 1.29 is 49.6 Å². The summed E-state index contributed by atoms with van der Waals surface area (Å²) in [5.41, 5.74) is -0.896. The number of phenolic OH excluding ortho intramolecular Hbond substituents is 2. The summed E-state index contributed by atoms with van der Waals surface area (Å²) in [6.45, 7) is -0.700. The Morgan fingerprint density at radius 3 is 2.25 bits per heavy atom. The molecule has 11 nitrogen and oxygen atoms in total. The zero-order chi connectivity index (χ0) is 23.2. The van der Waals surface area contributed by atoms with Crippen LogP contribution in [-0.2, 0) is 4.74 Å². The second kappa shape index (κ2) is 8.30. The molecule has 2 aromatic carbocycles. The van der Waals surface area contributed by atoms with Gasteiger partial charge in [0.1, 0.15) is 35.4 Å². The van der Waals surface area contributed by atoms with Gasteiger partial charge in [0, 0.05) is 11.6 Å². The lowest BCUT2D eigenvalue weighted by atomic mass is 9.99. The van der Waals surface area contributed by atoms with Crippen molar-refractivity contribution in [2.45, 2.75) is 30.7 Å². The van der Waals surface area contributed by atoms with E-state index in [4.69, 9.17) is 13.9 Å². The van der Waals surface area contributed by atoms with E-state index in [2.05, 4.69) is 0 Å². The van der Waals surface area contributed by atoms with Gasteiger partial charge in [0.15, 0.2) is 17.3 Å². The Hall–Kier alpha value is -3.35. The van der Waals surface area contributed by atoms with Crippen LogP contribution < -0.4 is 10.2 Å². The number of rotatable bonds is 4. The van der Waals surface area contributed by atoms with Crippen LogP contribution in [0, 0.1) is 0 Å². The fourth-order valence-electron chi connectivity index (χ4n) is 3.46. The highest BCUT2D eigenvalue weighted by Gasteiger charge is 2.45. The zero-order valence-electron chi connectivity index (χ0n) is 16.3. The van der Waals surface area contributed by atoms with Gasteiger partial charge < -0.3 is 49.6 Å². The Morgan fingerprint density at radius 1 is 0.906 bits per heavy atom. The van der Waals surface area contributed by atoms with E-state index in [1.807, 2.05) is 0 Å². The van der Waals surface area contributed by atoms with Gasteiger partial charge in [-0.25, -0.2) is 0 Å². The van der Waals surface area contributed by atoms with Crippen molar-refractivity contribution in [3.05, 3.63) is 46.6 Å². The molecule has 7 N–H and O–H groups in total. The van der Waals surface area contributed by atoms with Crippen molar-refractivity contribution in [3.63, 3.8) is 0 Å². The highest BCUT2D eigenvalue weighted by atomic mass is 16.7. The third kappa shape index (κ3) is 3.51. The predicted molar refractivity (Wildman–Crippen MR) is 107 cm³/mol. The van der Waals surface area contributed by atoms with Crippen molar-refractivity contribution in [2.24, 2.45) is 0 Å². The monoisotopic (exact) mass is 448 g/mol. The first-order valence-electron chi connectivity index (χ1n) is 9.51. The van der Waals surface area contributed by atoms with E-state index in [0.29, 0.717) is 5.56 Å². The summed E-state index contributed by atoms with van der Waals surface area (Å²) in [5, 5.41) is 69.6. The smallest absolute Gasteiger partial charge is 0.238 e. The van der Waals surface area contributed by atoms with Crippen LogP contribution in [0.1, 0.15) is 0 Å². The second-order valence-corrected chi connectivity index (χ2v) is 7.24. The van der Waals surface area contributed by atoms with E-state index in [-0.39, 0.29) is 11.3 Å². The molecule has 0 aliphatic carbocycles. The molecule has 5 atom stereocenters. The maximum atomic E-state index is 12.6. The van der Waals surface area contributed by atoms with E-state index in [9.17, 15) is 40.5 Å². The first-order valence-corrected chi connectivity index (χ1v) is 9.51. The van der Waals surface area contributed by atoms with Gasteiger partial charge >= 0.3 is 0 Å². The first kappa shape index (κ1) is 21.9. The van der Waals surface area contributed by atoms with Gasteiger partial charge in [0.2, 0.25) is 23.2 Å². The number of hydrogen-bond donors (Lipinski definition) is 7. The van der Waals surface area contributed by atoms with Crippen LogP contribution in [0.5, 0.6) is 23.0 Å². The summed E-state index contributed by atoms with van der Waals surface area (Å²) >= 11 is 0. The molecule has 1 fully saturated rings. The molecular formula is C21H20O11. The molecule has 0 amide bonds. The summed E-state index contributed by atoms with van der Waals surface area (Å²) in [4.78, 5) is 12.6. The molecule has 1 saturated heterocycles. The normalized spacial score (nSPS) is 25.7. The van der Waals surface area contributed by atoms with Crippen LogP contribution >= 0.6 is 0 Å². The Morgan fingerprint density at radius 2 is 1.59 bits per heavy atom. The number of hydrogen-bond acceptors (Lipinski definition) is 11. The lowest BCUT2D eigenvalue weighted by molar-refractivity contribution is -0.277. The average Bonchev–Trinajstić information content (AvgIpc) is 2.80. The number of aliphatic hydroxyl groups is 4. The van der Waals surface area contributed by atoms with Crippen LogP contribution in [0.15, 0.2) is 45.6 Å². The Kier molecular flexibility index (Phi) is 5.67. The lowest BCUT2D eigenvalue weighted by Gasteiger charge is -2.39. The molecule has 1 aliphatic rings. The third-order valence-corrected chi connectivity index (χ3v) is 5.20. The minimum atomic E-state index is -1.78. The van der Waals surface area contributed by atoms with E-state index in [1.165, 1.54) is 0 Å². The van der Waals surface area contributed by atoms with Gasteiger partial charge in [0.05, 0.1) is 6.61 Å². The second-order valence-electron chi connectivity index (χ2n) is 7.24. The molecule has 4 rings (SSSR count). The SMILES string of the molecule is O=c1c(O)c(-c2ccccc2)oc2cc(OC3O[C@H](CO)[C@@H](O)[C@H](O)[C@H]3O)c(O)c(O)c12. The van der Waals surface area contributed by atoms with Crippen LogP contribution in [-0.4, -0.2) is 73.1 Å². The van der Waals surface area contributed by atoms with Crippen molar-refractivity contribution in [1.82, 2.24) is 0 Å². The van der Waals surface area contributed by atoms with Crippen molar-refractivity contribution >= 4 is 11.0 Å². The zero-order valence-corrected chi connectivity index (χ0v) is 16.3. The Balaban J connectivity index is 1.80. The highest BCUT2D eigenvalue weighted by molar-refractivity contribution is 5.91. The van der Waals surface area contributed by atoms with Gasteiger partial charge in [-0.15, -0.1) is 0 Å². The van der Waals surface area contributed by atoms with Gasteiger partial charge in [-0.2, -0.15) is 0 Å². The van der Waals surface area contributed by atoms with Crippen LogP contribution in [0.2, 0.25) is 0 Å². The number of phenols is 2. The third-order valence-electron chi connectivity index (χ3n) is 5.20. The van der Waals surface area contributed by atoms with Gasteiger partial charge in [0.25, 0.3) is 0 Å². The maximum Gasteiger partial charge on any atom is 0.238 e. The van der Waals surface area contributed by atoms with Gasteiger partial charge in [-0.3, -0.25) is 4.79 Å². The van der Waals surface area contributed by atoms with Crippen LogP contribution in [0.25, 0.3) is 22.3 Å². The summed E-state index contributed by atoms with van der Waals surface area (Å²) in [6, 6.07) is 9.21. The first-order chi connectivity index (χ1) is 15.2. The molecule has 0 bridgehead atoms. The summed E-state index contributed by atoms with van der Waals surface area (Å²) in [6.07, 6.45) is -8.07. The highest BCUT2D eigenvalue weighted by Crippen LogP contribution is 2.44. The molecule has 3 aromatic rings. The van der Waals surface area contributed by atoms with Crippen molar-refractivity contribution in [3.8, 4) is 34.3 Å². The molecule has 2 heterocycles. The summed E-state index contributed by atoms with van der Waals surface area (Å²) < 4.78 is 16.2. The number of benzene rings is 2. The van der Waals surface area contributed by atoms with E-state index in [1.54, 1.807) is 30.3 Å². The lowest BCUT2D eigenvalue weighted by Crippen LogP contribution is -2.60. The average molecular weight is 448 g/mol. The molecule has 1 aromatic heterocycles. The van der Waals surface area contributed by atoms with Crippen LogP contribution in [0.4, 0.5) is 0 Å².